The minimum Gasteiger partial charge on any atom is -0.394 e. The van der Waals surface area contributed by atoms with Crippen LogP contribution in [0.3, 0.4) is 0 Å². The van der Waals surface area contributed by atoms with Crippen LogP contribution >= 0.6 is 0 Å². The number of aliphatic hydroxyl groups excluding tert-OH is 1. The number of aromatic nitrogens is 2. The van der Waals surface area contributed by atoms with Gasteiger partial charge in [0.2, 0.25) is 0 Å². The molecule has 184 valence electrons. The van der Waals surface area contributed by atoms with Gasteiger partial charge in [0, 0.05) is 11.6 Å². The van der Waals surface area contributed by atoms with Crippen LogP contribution in [0.5, 0.6) is 0 Å². The van der Waals surface area contributed by atoms with Gasteiger partial charge in [0.25, 0.3) is 11.8 Å². The van der Waals surface area contributed by atoms with E-state index in [1.165, 1.54) is 24.3 Å². The molecule has 0 radical (unpaired) electrons. The van der Waals surface area contributed by atoms with Crippen molar-refractivity contribution in [2.45, 2.75) is 12.2 Å². The quantitative estimate of drug-likeness (QED) is 0.304. The maximum atomic E-state index is 12.8. The average molecular weight is 494 g/mol. The molecule has 0 spiro atoms. The van der Waals surface area contributed by atoms with Crippen molar-refractivity contribution < 1.29 is 27.9 Å². The van der Waals surface area contributed by atoms with E-state index in [-0.39, 0.29) is 11.4 Å². The Kier molecular flexibility index (Phi) is 7.16. The van der Waals surface area contributed by atoms with E-state index in [1.54, 1.807) is 18.2 Å². The number of benzene rings is 3. The van der Waals surface area contributed by atoms with Crippen molar-refractivity contribution in [2.24, 2.45) is 0 Å². The molecule has 7 nitrogen and oxygen atoms in total. The molecule has 4 N–H and O–H groups in total. The molecule has 0 aliphatic rings. The third kappa shape index (κ3) is 5.78. The zero-order chi connectivity index (χ0) is 25.7. The Morgan fingerprint density at radius 3 is 2.08 bits per heavy atom. The van der Waals surface area contributed by atoms with E-state index >= 15 is 0 Å². The summed E-state index contributed by atoms with van der Waals surface area (Å²) in [6, 6.07) is 20.5. The van der Waals surface area contributed by atoms with Crippen molar-refractivity contribution in [3.05, 3.63) is 96.1 Å². The Balaban J connectivity index is 1.38. The van der Waals surface area contributed by atoms with Crippen LogP contribution in [0.4, 0.5) is 19.0 Å². The summed E-state index contributed by atoms with van der Waals surface area (Å²) in [7, 11) is 0. The Labute approximate surface area is 204 Å². The van der Waals surface area contributed by atoms with Crippen molar-refractivity contribution in [1.82, 2.24) is 15.5 Å². The van der Waals surface area contributed by atoms with Gasteiger partial charge in [-0.15, -0.1) is 0 Å². The highest BCUT2D eigenvalue weighted by Crippen LogP contribution is 2.31. The summed E-state index contributed by atoms with van der Waals surface area (Å²) in [5.74, 6) is -1.03. The molecule has 1 heterocycles. The third-order valence-electron chi connectivity index (χ3n) is 5.41. The molecule has 4 rings (SSSR count). The molecule has 2 amide bonds. The fraction of sp³-hybridized carbons (Fsp3) is 0.115. The lowest BCUT2D eigenvalue weighted by atomic mass is 10.0. The molecule has 0 saturated carbocycles. The van der Waals surface area contributed by atoms with Crippen molar-refractivity contribution in [2.75, 3.05) is 11.9 Å². The number of amides is 2. The van der Waals surface area contributed by atoms with Gasteiger partial charge in [0.15, 0.2) is 5.82 Å². The second-order valence-electron chi connectivity index (χ2n) is 7.88. The molecule has 0 saturated heterocycles. The highest BCUT2D eigenvalue weighted by atomic mass is 19.4. The zero-order valence-corrected chi connectivity index (χ0v) is 18.7. The first-order valence-corrected chi connectivity index (χ1v) is 10.9. The maximum Gasteiger partial charge on any atom is 0.416 e. The average Bonchev–Trinajstić information content (AvgIpc) is 3.35. The van der Waals surface area contributed by atoms with Crippen molar-refractivity contribution in [3.63, 3.8) is 0 Å². The minimum atomic E-state index is -4.42. The van der Waals surface area contributed by atoms with Crippen LogP contribution < -0.4 is 10.6 Å². The summed E-state index contributed by atoms with van der Waals surface area (Å²) in [5.41, 5.74) is 2.19. The Hall–Kier alpha value is -4.44. The van der Waals surface area contributed by atoms with Gasteiger partial charge in [-0.05, 0) is 41.0 Å². The van der Waals surface area contributed by atoms with E-state index in [9.17, 15) is 27.9 Å². The van der Waals surface area contributed by atoms with Gasteiger partial charge in [-0.3, -0.25) is 14.7 Å². The van der Waals surface area contributed by atoms with Gasteiger partial charge < -0.3 is 15.7 Å². The van der Waals surface area contributed by atoms with Gasteiger partial charge in [0.05, 0.1) is 17.9 Å². The third-order valence-corrected chi connectivity index (χ3v) is 5.41. The normalized spacial score (nSPS) is 12.1. The predicted octanol–water partition coefficient (Wildman–Crippen LogP) is 4.49. The first-order chi connectivity index (χ1) is 17.2. The second-order valence-corrected chi connectivity index (χ2v) is 7.88. The lowest BCUT2D eigenvalue weighted by molar-refractivity contribution is -0.137. The summed E-state index contributed by atoms with van der Waals surface area (Å²) in [4.78, 5) is 25.2. The van der Waals surface area contributed by atoms with Crippen LogP contribution in [-0.2, 0) is 11.0 Å². The first kappa shape index (κ1) is 24.7. The van der Waals surface area contributed by atoms with E-state index in [0.717, 1.165) is 17.7 Å². The molecule has 4 aromatic rings. The number of hydrogen-bond acceptors (Lipinski definition) is 4. The number of nitrogens with zero attached hydrogens (tertiary/aromatic N) is 1. The topological polar surface area (TPSA) is 107 Å². The zero-order valence-electron chi connectivity index (χ0n) is 18.7. The molecule has 1 aromatic heterocycles. The number of anilines is 1. The number of nitrogens with one attached hydrogen (secondary N) is 3. The van der Waals surface area contributed by atoms with Crippen LogP contribution in [0.15, 0.2) is 84.9 Å². The van der Waals surface area contributed by atoms with Crippen LogP contribution in [0, 0.1) is 0 Å². The number of alkyl halides is 3. The SMILES string of the molecule is O=C(N[C@@H](CO)C(=O)Nc1cc(-c2ccccc2)[nH]n1)c1ccc(-c2ccc(C(F)(F)F)cc2)cc1. The molecule has 0 aliphatic heterocycles. The largest absolute Gasteiger partial charge is 0.416 e. The van der Waals surface area contributed by atoms with Gasteiger partial charge in [0.1, 0.15) is 6.04 Å². The van der Waals surface area contributed by atoms with Crippen molar-refractivity contribution in [1.29, 1.82) is 0 Å². The molecule has 0 aliphatic carbocycles. The number of H-pyrrole nitrogens is 1. The van der Waals surface area contributed by atoms with Crippen LogP contribution in [0.2, 0.25) is 0 Å². The van der Waals surface area contributed by atoms with Crippen LogP contribution in [-0.4, -0.2) is 39.8 Å². The molecule has 1 atom stereocenters. The molecular weight excluding hydrogens is 473 g/mol. The van der Waals surface area contributed by atoms with E-state index in [1.807, 2.05) is 30.3 Å². The number of halogens is 3. The maximum absolute atomic E-state index is 12.8. The number of aliphatic hydroxyl groups is 1. The number of rotatable bonds is 7. The Morgan fingerprint density at radius 2 is 1.50 bits per heavy atom. The number of aromatic amines is 1. The first-order valence-electron chi connectivity index (χ1n) is 10.9. The fourth-order valence-corrected chi connectivity index (χ4v) is 3.47. The summed E-state index contributed by atoms with van der Waals surface area (Å²) < 4.78 is 38.3. The molecule has 3 aromatic carbocycles. The van der Waals surface area contributed by atoms with E-state index in [2.05, 4.69) is 20.8 Å². The smallest absolute Gasteiger partial charge is 0.394 e. The van der Waals surface area contributed by atoms with Gasteiger partial charge >= 0.3 is 6.18 Å². The van der Waals surface area contributed by atoms with Gasteiger partial charge in [-0.1, -0.05) is 54.6 Å². The van der Waals surface area contributed by atoms with E-state index in [0.29, 0.717) is 16.8 Å². The minimum absolute atomic E-state index is 0.211. The molecular formula is C26H21F3N4O3. The standard InChI is InChI=1S/C26H21F3N4O3/c27-26(28,29)20-12-10-17(11-13-20)16-6-8-19(9-7-16)24(35)30-22(15-34)25(36)31-23-14-21(32-33-23)18-4-2-1-3-5-18/h1-14,22,34H,15H2,(H,30,35)(H2,31,32,33,36)/t22-/m0/s1. The lowest BCUT2D eigenvalue weighted by Gasteiger charge is -2.15. The monoisotopic (exact) mass is 494 g/mol. The van der Waals surface area contributed by atoms with Gasteiger partial charge in [-0.25, -0.2) is 0 Å². The highest BCUT2D eigenvalue weighted by Gasteiger charge is 2.30. The predicted molar refractivity (Wildman–Crippen MR) is 128 cm³/mol. The highest BCUT2D eigenvalue weighted by molar-refractivity contribution is 6.01. The summed E-state index contributed by atoms with van der Waals surface area (Å²) in [6.45, 7) is -0.642. The molecule has 0 fully saturated rings. The Bertz CT molecular complexity index is 1340. The van der Waals surface area contributed by atoms with Crippen molar-refractivity contribution >= 4 is 17.6 Å². The van der Waals surface area contributed by atoms with Crippen molar-refractivity contribution in [3.8, 4) is 22.4 Å². The number of carbonyl (C=O) groups is 2. The molecule has 0 bridgehead atoms. The van der Waals surface area contributed by atoms with E-state index in [4.69, 9.17) is 0 Å². The Morgan fingerprint density at radius 1 is 0.889 bits per heavy atom. The lowest BCUT2D eigenvalue weighted by Crippen LogP contribution is -2.46. The molecule has 10 heteroatoms. The second kappa shape index (κ2) is 10.4. The molecule has 36 heavy (non-hydrogen) atoms. The molecule has 0 unspecified atom stereocenters. The summed E-state index contributed by atoms with van der Waals surface area (Å²) in [5, 5.41) is 21.5. The number of carbonyl (C=O) groups excluding carboxylic acids is 2. The van der Waals surface area contributed by atoms with E-state index < -0.39 is 36.2 Å². The van der Waals surface area contributed by atoms with Gasteiger partial charge in [-0.2, -0.15) is 18.3 Å². The van der Waals surface area contributed by atoms with Crippen LogP contribution in [0.25, 0.3) is 22.4 Å². The fourth-order valence-electron chi connectivity index (χ4n) is 3.47. The summed E-state index contributed by atoms with van der Waals surface area (Å²) >= 11 is 0. The van der Waals surface area contributed by atoms with Crippen LogP contribution in [0.1, 0.15) is 15.9 Å². The summed E-state index contributed by atoms with van der Waals surface area (Å²) in [6.07, 6.45) is -4.42. The number of hydrogen-bond donors (Lipinski definition) is 4.